The summed E-state index contributed by atoms with van der Waals surface area (Å²) in [5.74, 6) is 0.229. The molecule has 2 fully saturated rings. The lowest BCUT2D eigenvalue weighted by Gasteiger charge is -2.28. The van der Waals surface area contributed by atoms with E-state index in [-0.39, 0.29) is 17.3 Å². The van der Waals surface area contributed by atoms with Gasteiger partial charge in [-0.25, -0.2) is 9.18 Å². The molecule has 2 saturated heterocycles. The van der Waals surface area contributed by atoms with Crippen LogP contribution in [0.1, 0.15) is 5.56 Å². The number of carbonyl (C=O) groups is 1. The molecule has 0 saturated carbocycles. The highest BCUT2D eigenvalue weighted by Gasteiger charge is 2.50. The number of amides is 2. The molecule has 2 atom stereocenters. The van der Waals surface area contributed by atoms with Gasteiger partial charge in [-0.15, -0.1) is 0 Å². The summed E-state index contributed by atoms with van der Waals surface area (Å²) < 4.78 is 19.5. The van der Waals surface area contributed by atoms with Crippen molar-refractivity contribution >= 4 is 6.03 Å². The summed E-state index contributed by atoms with van der Waals surface area (Å²) in [5.41, 5.74) is 0.664. The summed E-state index contributed by atoms with van der Waals surface area (Å²) in [6.45, 7) is 4.27. The van der Waals surface area contributed by atoms with Gasteiger partial charge in [0, 0.05) is 57.2 Å². The first-order valence-corrected chi connectivity index (χ1v) is 7.99. The van der Waals surface area contributed by atoms with Crippen LogP contribution in [-0.4, -0.2) is 62.8 Å². The van der Waals surface area contributed by atoms with E-state index in [0.717, 1.165) is 18.7 Å². The molecule has 0 radical (unpaired) electrons. The van der Waals surface area contributed by atoms with Crippen LogP contribution in [0.5, 0.6) is 0 Å². The Morgan fingerprint density at radius 3 is 3.00 bits per heavy atom. The van der Waals surface area contributed by atoms with E-state index in [9.17, 15) is 9.18 Å². The maximum atomic E-state index is 13.9. The van der Waals surface area contributed by atoms with Crippen molar-refractivity contribution in [3.05, 3.63) is 35.6 Å². The molecular weight excluding hydrogens is 297 g/mol. The van der Waals surface area contributed by atoms with E-state index in [1.165, 1.54) is 11.0 Å². The number of hydrogen-bond donors (Lipinski definition) is 1. The molecule has 2 heterocycles. The Kier molecular flexibility index (Phi) is 4.55. The molecule has 2 aliphatic rings. The van der Waals surface area contributed by atoms with Gasteiger partial charge in [-0.2, -0.15) is 0 Å². The lowest BCUT2D eigenvalue weighted by molar-refractivity contribution is 0.125. The third-order valence-corrected chi connectivity index (χ3v) is 4.94. The molecule has 0 unspecified atom stereocenters. The summed E-state index contributed by atoms with van der Waals surface area (Å²) in [7, 11) is 3.46. The van der Waals surface area contributed by atoms with Gasteiger partial charge < -0.3 is 15.0 Å². The maximum Gasteiger partial charge on any atom is 0.316 e. The predicted octanol–water partition coefficient (Wildman–Crippen LogP) is 1.55. The largest absolute Gasteiger partial charge is 0.380 e. The fraction of sp³-hybridized carbons (Fsp3) is 0.588. The molecule has 23 heavy (non-hydrogen) atoms. The van der Waals surface area contributed by atoms with Gasteiger partial charge >= 0.3 is 6.03 Å². The molecule has 5 nitrogen and oxygen atoms in total. The van der Waals surface area contributed by atoms with Gasteiger partial charge in [0.25, 0.3) is 0 Å². The summed E-state index contributed by atoms with van der Waals surface area (Å²) in [6.07, 6.45) is 0. The Labute approximate surface area is 136 Å². The SMILES string of the molecule is CN(C)C(=O)NC[C@]12COC[C@H]1CN(Cc1ccccc1F)C2. The molecule has 1 aromatic carbocycles. The van der Waals surface area contributed by atoms with Crippen molar-refractivity contribution in [2.75, 3.05) is 46.9 Å². The number of urea groups is 1. The molecule has 0 aliphatic carbocycles. The zero-order valence-electron chi connectivity index (χ0n) is 13.7. The van der Waals surface area contributed by atoms with Crippen LogP contribution in [0.4, 0.5) is 9.18 Å². The fourth-order valence-corrected chi connectivity index (χ4v) is 3.59. The summed E-state index contributed by atoms with van der Waals surface area (Å²) in [5, 5.41) is 2.99. The van der Waals surface area contributed by atoms with Crippen LogP contribution in [0, 0.1) is 17.2 Å². The molecule has 126 valence electrons. The summed E-state index contributed by atoms with van der Waals surface area (Å²) >= 11 is 0. The van der Waals surface area contributed by atoms with E-state index in [4.69, 9.17) is 4.74 Å². The van der Waals surface area contributed by atoms with E-state index in [0.29, 0.717) is 32.2 Å². The van der Waals surface area contributed by atoms with Gasteiger partial charge in [0.15, 0.2) is 0 Å². The van der Waals surface area contributed by atoms with Gasteiger partial charge in [-0.05, 0) is 6.07 Å². The van der Waals surface area contributed by atoms with E-state index in [1.807, 2.05) is 12.1 Å². The van der Waals surface area contributed by atoms with Crippen molar-refractivity contribution in [1.82, 2.24) is 15.1 Å². The lowest BCUT2D eigenvalue weighted by atomic mass is 9.81. The molecular formula is C17H24FN3O2. The highest BCUT2D eigenvalue weighted by Crippen LogP contribution is 2.41. The Balaban J connectivity index is 1.65. The monoisotopic (exact) mass is 321 g/mol. The third kappa shape index (κ3) is 3.33. The number of likely N-dealkylation sites (tertiary alicyclic amines) is 1. The maximum absolute atomic E-state index is 13.9. The van der Waals surface area contributed by atoms with Crippen LogP contribution in [0.15, 0.2) is 24.3 Å². The number of ether oxygens (including phenoxy) is 1. The van der Waals surface area contributed by atoms with Gasteiger partial charge in [-0.3, -0.25) is 4.90 Å². The summed E-state index contributed by atoms with van der Waals surface area (Å²) in [4.78, 5) is 15.6. The Morgan fingerprint density at radius 2 is 2.26 bits per heavy atom. The van der Waals surface area contributed by atoms with Crippen LogP contribution >= 0.6 is 0 Å². The second-order valence-electron chi connectivity index (χ2n) is 6.89. The summed E-state index contributed by atoms with van der Waals surface area (Å²) in [6, 6.07) is 6.83. The van der Waals surface area contributed by atoms with Crippen molar-refractivity contribution in [1.29, 1.82) is 0 Å². The normalized spacial score (nSPS) is 27.0. The highest BCUT2D eigenvalue weighted by molar-refractivity contribution is 5.73. The van der Waals surface area contributed by atoms with Crippen molar-refractivity contribution < 1.29 is 13.9 Å². The average molecular weight is 321 g/mol. The van der Waals surface area contributed by atoms with Gasteiger partial charge in [0.2, 0.25) is 0 Å². The smallest absolute Gasteiger partial charge is 0.316 e. The number of halogens is 1. The molecule has 1 N–H and O–H groups in total. The molecule has 2 amide bonds. The molecule has 1 aromatic rings. The number of benzene rings is 1. The van der Waals surface area contributed by atoms with Gasteiger partial charge in [0.05, 0.1) is 13.2 Å². The van der Waals surface area contributed by atoms with E-state index >= 15 is 0 Å². The Bertz CT molecular complexity index is 581. The number of hydrogen-bond acceptors (Lipinski definition) is 3. The van der Waals surface area contributed by atoms with Crippen LogP contribution in [-0.2, 0) is 11.3 Å². The zero-order valence-corrected chi connectivity index (χ0v) is 13.7. The van der Waals surface area contributed by atoms with Crippen molar-refractivity contribution in [3.8, 4) is 0 Å². The first-order chi connectivity index (χ1) is 11.0. The lowest BCUT2D eigenvalue weighted by Crippen LogP contribution is -2.45. The standard InChI is InChI=1S/C17H24FN3O2/c1-20(2)16(22)19-10-17-11-21(8-14(17)9-23-12-17)7-13-5-3-4-6-15(13)18/h3-6,14H,7-12H2,1-2H3,(H,19,22)/t14-,17+/m1/s1. The molecule has 2 aliphatic heterocycles. The number of nitrogens with one attached hydrogen (secondary N) is 1. The first kappa shape index (κ1) is 16.2. The third-order valence-electron chi connectivity index (χ3n) is 4.94. The zero-order chi connectivity index (χ0) is 16.4. The number of rotatable bonds is 4. The Hall–Kier alpha value is -1.66. The minimum Gasteiger partial charge on any atom is -0.380 e. The molecule has 0 aromatic heterocycles. The van der Waals surface area contributed by atoms with E-state index in [1.54, 1.807) is 20.2 Å². The van der Waals surface area contributed by atoms with Crippen LogP contribution in [0.3, 0.4) is 0 Å². The highest BCUT2D eigenvalue weighted by atomic mass is 19.1. The number of carbonyl (C=O) groups excluding carboxylic acids is 1. The van der Waals surface area contributed by atoms with E-state index in [2.05, 4.69) is 10.2 Å². The second kappa shape index (κ2) is 6.45. The second-order valence-corrected chi connectivity index (χ2v) is 6.89. The minimum absolute atomic E-state index is 0.0586. The topological polar surface area (TPSA) is 44.8 Å². The quantitative estimate of drug-likeness (QED) is 0.915. The van der Waals surface area contributed by atoms with Gasteiger partial charge in [-0.1, -0.05) is 18.2 Å². The van der Waals surface area contributed by atoms with Crippen molar-refractivity contribution in [2.45, 2.75) is 6.54 Å². The molecule has 3 rings (SSSR count). The molecule has 0 spiro atoms. The molecule has 6 heteroatoms. The number of fused-ring (bicyclic) bond motifs is 1. The molecule has 0 bridgehead atoms. The Morgan fingerprint density at radius 1 is 1.48 bits per heavy atom. The minimum atomic E-state index is -0.157. The predicted molar refractivity (Wildman–Crippen MR) is 85.5 cm³/mol. The van der Waals surface area contributed by atoms with Gasteiger partial charge in [0.1, 0.15) is 5.82 Å². The fourth-order valence-electron chi connectivity index (χ4n) is 3.59. The van der Waals surface area contributed by atoms with Crippen LogP contribution in [0.25, 0.3) is 0 Å². The van der Waals surface area contributed by atoms with Crippen LogP contribution < -0.4 is 5.32 Å². The van der Waals surface area contributed by atoms with Crippen molar-refractivity contribution in [3.63, 3.8) is 0 Å². The van der Waals surface area contributed by atoms with E-state index < -0.39 is 0 Å². The van der Waals surface area contributed by atoms with Crippen LogP contribution in [0.2, 0.25) is 0 Å². The number of nitrogens with zero attached hydrogens (tertiary/aromatic N) is 2. The average Bonchev–Trinajstić information content (AvgIpc) is 3.03. The first-order valence-electron chi connectivity index (χ1n) is 7.99. The van der Waals surface area contributed by atoms with Crippen molar-refractivity contribution in [2.24, 2.45) is 11.3 Å².